The second-order valence-electron chi connectivity index (χ2n) is 7.80. The summed E-state index contributed by atoms with van der Waals surface area (Å²) in [5.74, 6) is 4.50. The summed E-state index contributed by atoms with van der Waals surface area (Å²) < 4.78 is 46.2. The third-order valence-corrected chi connectivity index (χ3v) is 5.93. The number of nitrogens with one attached hydrogen (secondary N) is 3. The van der Waals surface area contributed by atoms with Crippen molar-refractivity contribution >= 4 is 33.9 Å². The highest BCUT2D eigenvalue weighted by molar-refractivity contribution is 7.15. The van der Waals surface area contributed by atoms with Crippen molar-refractivity contribution in [3.8, 4) is 28.7 Å². The number of allylic oxidation sites excluding steroid dienone is 1. The number of alkyl halides is 2. The van der Waals surface area contributed by atoms with Crippen molar-refractivity contribution in [3.05, 3.63) is 52.7 Å². The summed E-state index contributed by atoms with van der Waals surface area (Å²) >= 11 is 1.08. The summed E-state index contributed by atoms with van der Waals surface area (Å²) in [7, 11) is 2.83. The second-order valence-corrected chi connectivity index (χ2v) is 8.77. The van der Waals surface area contributed by atoms with Crippen molar-refractivity contribution in [2.45, 2.75) is 19.3 Å². The van der Waals surface area contributed by atoms with Crippen molar-refractivity contribution < 1.29 is 22.7 Å². The molecule has 1 aliphatic rings. The third kappa shape index (κ3) is 6.10. The Labute approximate surface area is 213 Å². The lowest BCUT2D eigenvalue weighted by atomic mass is 9.97. The van der Waals surface area contributed by atoms with E-state index in [0.717, 1.165) is 42.6 Å². The zero-order chi connectivity index (χ0) is 26.5. The molecule has 3 heterocycles. The van der Waals surface area contributed by atoms with Crippen LogP contribution in [0.25, 0.3) is 16.7 Å². The Morgan fingerprint density at radius 3 is 2.68 bits per heavy atom. The van der Waals surface area contributed by atoms with Gasteiger partial charge in [0.25, 0.3) is 12.3 Å². The zero-order valence-electron chi connectivity index (χ0n) is 19.6. The minimum atomic E-state index is -2.89. The van der Waals surface area contributed by atoms with Crippen molar-refractivity contribution in [1.82, 2.24) is 25.5 Å². The molecule has 1 saturated carbocycles. The normalized spacial score (nSPS) is 13.1. The van der Waals surface area contributed by atoms with Crippen LogP contribution in [0.2, 0.25) is 0 Å². The number of amides is 1. The molecule has 4 rings (SSSR count). The molecule has 190 valence electrons. The second kappa shape index (κ2) is 11.2. The Kier molecular flexibility index (Phi) is 7.78. The number of carbonyl (C=O) groups excluding carboxylic acids is 1. The molecular weight excluding hydrogens is 507 g/mol. The van der Waals surface area contributed by atoms with Crippen LogP contribution in [0.4, 0.5) is 18.3 Å². The molecule has 37 heavy (non-hydrogen) atoms. The van der Waals surface area contributed by atoms with Crippen molar-refractivity contribution in [2.24, 2.45) is 5.92 Å². The van der Waals surface area contributed by atoms with E-state index in [1.54, 1.807) is 0 Å². The maximum Gasteiger partial charge on any atom is 0.280 e. The van der Waals surface area contributed by atoms with Gasteiger partial charge < -0.3 is 10.1 Å². The summed E-state index contributed by atoms with van der Waals surface area (Å²) in [5, 5.41) is 21.2. The van der Waals surface area contributed by atoms with Gasteiger partial charge in [-0.1, -0.05) is 17.3 Å². The number of anilines is 1. The quantitative estimate of drug-likeness (QED) is 0.292. The Morgan fingerprint density at radius 1 is 1.24 bits per heavy atom. The number of carbonyl (C=O) groups is 1. The number of nitrogens with zero attached hydrogens (tertiary/aromatic N) is 4. The molecule has 3 N–H and O–H groups in total. The number of pyridine rings is 2. The first-order chi connectivity index (χ1) is 17.8. The van der Waals surface area contributed by atoms with Gasteiger partial charge in [-0.3, -0.25) is 25.5 Å². The van der Waals surface area contributed by atoms with Gasteiger partial charge in [0.1, 0.15) is 11.4 Å². The highest BCUT2D eigenvalue weighted by Crippen LogP contribution is 2.36. The first-order valence-electron chi connectivity index (χ1n) is 10.9. The van der Waals surface area contributed by atoms with E-state index >= 15 is 0 Å². The summed E-state index contributed by atoms with van der Waals surface area (Å²) in [6.07, 6.45) is 2.70. The van der Waals surface area contributed by atoms with E-state index < -0.39 is 24.0 Å². The maximum absolute atomic E-state index is 14.0. The Bertz CT molecular complexity index is 1440. The third-order valence-electron chi connectivity index (χ3n) is 5.18. The lowest BCUT2D eigenvalue weighted by Gasteiger charge is -2.15. The highest BCUT2D eigenvalue weighted by atomic mass is 32.1. The van der Waals surface area contributed by atoms with Crippen LogP contribution in [0.3, 0.4) is 0 Å². The number of ether oxygens (including phenoxy) is 1. The van der Waals surface area contributed by atoms with Gasteiger partial charge in [-0.15, -0.1) is 10.2 Å². The van der Waals surface area contributed by atoms with Crippen molar-refractivity contribution in [2.75, 3.05) is 19.5 Å². The van der Waals surface area contributed by atoms with Gasteiger partial charge in [0.2, 0.25) is 11.1 Å². The van der Waals surface area contributed by atoms with Crippen LogP contribution in [-0.2, 0) is 0 Å². The van der Waals surface area contributed by atoms with E-state index in [4.69, 9.17) is 10.1 Å². The Hall–Kier alpha value is -4.31. The molecule has 3 aromatic rings. The minimum absolute atomic E-state index is 0.0144. The minimum Gasteiger partial charge on any atom is -0.494 e. The molecule has 3 aromatic heterocycles. The van der Waals surface area contributed by atoms with Crippen LogP contribution in [0.5, 0.6) is 5.75 Å². The molecule has 0 saturated heterocycles. The summed E-state index contributed by atoms with van der Waals surface area (Å²) in [6, 6.07) is 2.39. The van der Waals surface area contributed by atoms with E-state index in [1.165, 1.54) is 26.4 Å². The van der Waals surface area contributed by atoms with Crippen LogP contribution in [0.1, 0.15) is 46.0 Å². The molecule has 0 aliphatic heterocycles. The first-order valence-corrected chi connectivity index (χ1v) is 11.7. The molecule has 1 fully saturated rings. The molecule has 1 amide bonds. The molecule has 13 heteroatoms. The molecule has 0 spiro atoms. The number of aromatic nitrogens is 4. The molecule has 9 nitrogen and oxygen atoms in total. The van der Waals surface area contributed by atoms with Crippen LogP contribution in [-0.4, -0.2) is 46.2 Å². The van der Waals surface area contributed by atoms with E-state index in [-0.39, 0.29) is 38.8 Å². The van der Waals surface area contributed by atoms with Crippen LogP contribution >= 0.6 is 11.3 Å². The van der Waals surface area contributed by atoms with Gasteiger partial charge in [0, 0.05) is 36.5 Å². The average Bonchev–Trinajstić information content (AvgIpc) is 3.62. The van der Waals surface area contributed by atoms with E-state index in [2.05, 4.69) is 42.6 Å². The van der Waals surface area contributed by atoms with Crippen LogP contribution in [0.15, 0.2) is 30.7 Å². The molecule has 1 aliphatic carbocycles. The molecule has 0 radical (unpaired) electrons. The van der Waals surface area contributed by atoms with Crippen molar-refractivity contribution in [1.29, 1.82) is 5.41 Å². The van der Waals surface area contributed by atoms with Crippen LogP contribution < -0.4 is 15.4 Å². The fraction of sp³-hybridized carbons (Fsp3) is 0.250. The van der Waals surface area contributed by atoms with Gasteiger partial charge in [-0.25, -0.2) is 8.78 Å². The standard InChI is InChI=1S/C24H20F3N7O2S/c1-29-9-16(22(27)28)17-7-13(14-8-18(21(25)26)31-11-19(14)36-2)15(10-30-17)23(35)32-24-34-33-20(37-24)6-5-12-3-4-12/h7-12,21,28-29H,3-4H2,1-2H3,(H,32,34,35)/b16-9-,28-22?. The number of rotatable bonds is 8. The topological polar surface area (TPSA) is 126 Å². The molecule has 0 bridgehead atoms. The average molecular weight is 528 g/mol. The number of hydrogen-bond donors (Lipinski definition) is 3. The van der Waals surface area contributed by atoms with Gasteiger partial charge in [0.05, 0.1) is 30.1 Å². The smallest absolute Gasteiger partial charge is 0.280 e. The van der Waals surface area contributed by atoms with Gasteiger partial charge >= 0.3 is 0 Å². The predicted octanol–water partition coefficient (Wildman–Crippen LogP) is 4.46. The van der Waals surface area contributed by atoms with Gasteiger partial charge in [-0.05, 0) is 30.9 Å². The van der Waals surface area contributed by atoms with E-state index in [0.29, 0.717) is 10.9 Å². The van der Waals surface area contributed by atoms with E-state index in [1.807, 2.05) is 0 Å². The Balaban J connectivity index is 1.78. The zero-order valence-corrected chi connectivity index (χ0v) is 20.4. The number of halogens is 3. The lowest BCUT2D eigenvalue weighted by molar-refractivity contribution is 0.102. The first kappa shape index (κ1) is 25.8. The maximum atomic E-state index is 14.0. The molecule has 0 aromatic carbocycles. The lowest BCUT2D eigenvalue weighted by Crippen LogP contribution is -2.15. The number of hydrogen-bond acceptors (Lipinski definition) is 9. The monoisotopic (exact) mass is 527 g/mol. The highest BCUT2D eigenvalue weighted by Gasteiger charge is 2.23. The SMILES string of the molecule is CN/C=C(\C(=N)F)c1cc(-c2cc(C(F)F)ncc2OC)c(C(=O)Nc2nnc(C#CC3CC3)s2)cn1. The molecule has 0 unspecified atom stereocenters. The fourth-order valence-electron chi connectivity index (χ4n) is 3.23. The summed E-state index contributed by atoms with van der Waals surface area (Å²) in [4.78, 5) is 21.1. The largest absolute Gasteiger partial charge is 0.494 e. The van der Waals surface area contributed by atoms with E-state index in [9.17, 15) is 18.0 Å². The fourth-order valence-corrected chi connectivity index (χ4v) is 3.83. The molecular formula is C24H20F3N7O2S. The summed E-state index contributed by atoms with van der Waals surface area (Å²) in [6.45, 7) is 0. The predicted molar refractivity (Wildman–Crippen MR) is 132 cm³/mol. The van der Waals surface area contributed by atoms with Crippen molar-refractivity contribution in [3.63, 3.8) is 0 Å². The van der Waals surface area contributed by atoms with Crippen LogP contribution in [0, 0.1) is 23.2 Å². The summed E-state index contributed by atoms with van der Waals surface area (Å²) in [5.41, 5.74) is -0.606. The van der Waals surface area contributed by atoms with Gasteiger partial charge in [0.15, 0.2) is 5.01 Å². The van der Waals surface area contributed by atoms with Gasteiger partial charge in [-0.2, -0.15) is 4.39 Å². The Morgan fingerprint density at radius 2 is 2.03 bits per heavy atom. The molecule has 0 atom stereocenters. The number of methoxy groups -OCH3 is 1.